The van der Waals surface area contributed by atoms with Gasteiger partial charge in [-0.1, -0.05) is 17.7 Å². The summed E-state index contributed by atoms with van der Waals surface area (Å²) in [5, 5.41) is 15.9. The second-order valence-electron chi connectivity index (χ2n) is 5.88. The highest BCUT2D eigenvalue weighted by Crippen LogP contribution is 2.36. The standard InChI is InChI=1S/C20H14ClN3O2S/c1-12-2-4-15(21)7-16(12)23-9-14(8-22)20-24-17(10-27-20)13-3-5-18-19(6-13)26-11-25-18/h2-7,9-10,23H,11H2,1H3. The number of aromatic nitrogens is 1. The van der Waals surface area contributed by atoms with Gasteiger partial charge in [-0.05, 0) is 42.8 Å². The maximum atomic E-state index is 9.53. The first-order valence-corrected chi connectivity index (χ1v) is 9.38. The van der Waals surface area contributed by atoms with Gasteiger partial charge in [0.1, 0.15) is 16.6 Å². The number of nitrogens with zero attached hydrogens (tertiary/aromatic N) is 2. The topological polar surface area (TPSA) is 67.2 Å². The molecular weight excluding hydrogens is 382 g/mol. The first kappa shape index (κ1) is 17.4. The summed E-state index contributed by atoms with van der Waals surface area (Å²) in [5.74, 6) is 1.43. The lowest BCUT2D eigenvalue weighted by atomic mass is 10.1. The molecule has 1 aromatic heterocycles. The summed E-state index contributed by atoms with van der Waals surface area (Å²) in [7, 11) is 0. The van der Waals surface area contributed by atoms with Gasteiger partial charge in [-0.15, -0.1) is 11.3 Å². The van der Waals surface area contributed by atoms with Crippen LogP contribution in [-0.4, -0.2) is 11.8 Å². The van der Waals surface area contributed by atoms with E-state index >= 15 is 0 Å². The van der Waals surface area contributed by atoms with E-state index in [9.17, 15) is 5.26 Å². The molecule has 5 nitrogen and oxygen atoms in total. The van der Waals surface area contributed by atoms with E-state index in [1.807, 2.05) is 48.7 Å². The molecule has 134 valence electrons. The Balaban J connectivity index is 1.59. The van der Waals surface area contributed by atoms with Crippen LogP contribution < -0.4 is 14.8 Å². The van der Waals surface area contributed by atoms with Crippen molar-refractivity contribution in [2.24, 2.45) is 0 Å². The van der Waals surface area contributed by atoms with Crippen LogP contribution in [0.2, 0.25) is 5.02 Å². The van der Waals surface area contributed by atoms with Crippen molar-refractivity contribution in [1.82, 2.24) is 4.98 Å². The third-order valence-electron chi connectivity index (χ3n) is 4.10. The molecule has 2 heterocycles. The number of nitrogens with one attached hydrogen (secondary N) is 1. The van der Waals surface area contributed by atoms with Crippen molar-refractivity contribution in [2.75, 3.05) is 12.1 Å². The molecule has 0 fully saturated rings. The van der Waals surface area contributed by atoms with Crippen LogP contribution in [0.25, 0.3) is 16.8 Å². The zero-order valence-corrected chi connectivity index (χ0v) is 15.9. The quantitative estimate of drug-likeness (QED) is 0.592. The molecule has 27 heavy (non-hydrogen) atoms. The molecular formula is C20H14ClN3O2S. The molecule has 1 N–H and O–H groups in total. The van der Waals surface area contributed by atoms with Gasteiger partial charge in [0.15, 0.2) is 11.5 Å². The first-order valence-electron chi connectivity index (χ1n) is 8.13. The molecule has 0 radical (unpaired) electrons. The van der Waals surface area contributed by atoms with Gasteiger partial charge in [-0.3, -0.25) is 0 Å². The Morgan fingerprint density at radius 1 is 1.26 bits per heavy atom. The van der Waals surface area contributed by atoms with Gasteiger partial charge in [-0.25, -0.2) is 4.98 Å². The average molecular weight is 396 g/mol. The minimum absolute atomic E-state index is 0.233. The second-order valence-corrected chi connectivity index (χ2v) is 7.17. The number of thiazole rings is 1. The van der Waals surface area contributed by atoms with Crippen molar-refractivity contribution in [2.45, 2.75) is 6.92 Å². The van der Waals surface area contributed by atoms with Crippen molar-refractivity contribution in [3.05, 3.63) is 63.6 Å². The van der Waals surface area contributed by atoms with Gasteiger partial charge in [0.2, 0.25) is 6.79 Å². The summed E-state index contributed by atoms with van der Waals surface area (Å²) in [5.41, 5.74) is 4.04. The maximum Gasteiger partial charge on any atom is 0.231 e. The van der Waals surface area contributed by atoms with Crippen molar-refractivity contribution in [3.8, 4) is 28.8 Å². The van der Waals surface area contributed by atoms with Crippen LogP contribution in [0, 0.1) is 18.3 Å². The minimum Gasteiger partial charge on any atom is -0.454 e. The summed E-state index contributed by atoms with van der Waals surface area (Å²) < 4.78 is 10.7. The number of aryl methyl sites for hydroxylation is 1. The Labute approximate surface area is 165 Å². The zero-order valence-electron chi connectivity index (χ0n) is 14.3. The average Bonchev–Trinajstić information content (AvgIpc) is 3.33. The molecule has 0 aliphatic carbocycles. The number of fused-ring (bicyclic) bond motifs is 1. The molecule has 1 aliphatic rings. The predicted molar refractivity (Wildman–Crippen MR) is 107 cm³/mol. The molecule has 0 amide bonds. The monoisotopic (exact) mass is 395 g/mol. The number of ether oxygens (including phenoxy) is 2. The lowest BCUT2D eigenvalue weighted by Crippen LogP contribution is -1.93. The first-order chi connectivity index (χ1) is 13.1. The number of anilines is 1. The number of allylic oxidation sites excluding steroid dienone is 1. The number of halogens is 1. The zero-order chi connectivity index (χ0) is 18.8. The summed E-state index contributed by atoms with van der Waals surface area (Å²) >= 11 is 7.45. The molecule has 0 saturated heterocycles. The highest BCUT2D eigenvalue weighted by molar-refractivity contribution is 7.11. The van der Waals surface area contributed by atoms with E-state index in [1.165, 1.54) is 11.3 Å². The molecule has 2 aromatic carbocycles. The molecule has 3 aromatic rings. The predicted octanol–water partition coefficient (Wildman–Crippen LogP) is 5.48. The molecule has 0 spiro atoms. The van der Waals surface area contributed by atoms with Crippen molar-refractivity contribution in [1.29, 1.82) is 5.26 Å². The van der Waals surface area contributed by atoms with Gasteiger partial charge in [0.25, 0.3) is 0 Å². The Hall–Kier alpha value is -3.01. The lowest BCUT2D eigenvalue weighted by molar-refractivity contribution is 0.174. The van der Waals surface area contributed by atoms with Crippen molar-refractivity contribution >= 4 is 34.2 Å². The molecule has 0 saturated carbocycles. The highest BCUT2D eigenvalue weighted by atomic mass is 35.5. The van der Waals surface area contributed by atoms with Crippen LogP contribution >= 0.6 is 22.9 Å². The normalized spacial score (nSPS) is 12.7. The molecule has 1 aliphatic heterocycles. The van der Waals surface area contributed by atoms with Crippen LogP contribution in [0.4, 0.5) is 5.69 Å². The van der Waals surface area contributed by atoms with E-state index < -0.39 is 0 Å². The summed E-state index contributed by atoms with van der Waals surface area (Å²) in [6, 6.07) is 13.5. The van der Waals surface area contributed by atoms with Gasteiger partial charge >= 0.3 is 0 Å². The summed E-state index contributed by atoms with van der Waals surface area (Å²) in [6.45, 7) is 2.21. The molecule has 7 heteroatoms. The second kappa shape index (κ2) is 7.31. The fourth-order valence-corrected chi connectivity index (χ4v) is 3.59. The Morgan fingerprint density at radius 3 is 2.96 bits per heavy atom. The van der Waals surface area contributed by atoms with Crippen LogP contribution in [0.15, 0.2) is 48.0 Å². The Kier molecular flexibility index (Phi) is 4.71. The maximum absolute atomic E-state index is 9.53. The summed E-state index contributed by atoms with van der Waals surface area (Å²) in [4.78, 5) is 4.59. The Morgan fingerprint density at radius 2 is 2.11 bits per heavy atom. The fourth-order valence-electron chi connectivity index (χ4n) is 2.63. The van der Waals surface area contributed by atoms with Crippen LogP contribution in [0.3, 0.4) is 0 Å². The smallest absolute Gasteiger partial charge is 0.231 e. The largest absolute Gasteiger partial charge is 0.454 e. The third kappa shape index (κ3) is 3.61. The molecule has 0 bridgehead atoms. The van der Waals surface area contributed by atoms with Gasteiger partial charge in [-0.2, -0.15) is 5.26 Å². The number of rotatable bonds is 4. The van der Waals surface area contributed by atoms with Crippen molar-refractivity contribution < 1.29 is 9.47 Å². The van der Waals surface area contributed by atoms with E-state index in [1.54, 1.807) is 6.20 Å². The minimum atomic E-state index is 0.233. The fraction of sp³-hybridized carbons (Fsp3) is 0.100. The Bertz CT molecular complexity index is 1090. The van der Waals surface area contributed by atoms with E-state index in [4.69, 9.17) is 21.1 Å². The van der Waals surface area contributed by atoms with E-state index in [0.717, 1.165) is 28.3 Å². The number of hydrogen-bond acceptors (Lipinski definition) is 6. The number of nitriles is 1. The third-order valence-corrected chi connectivity index (χ3v) is 5.21. The molecule has 0 atom stereocenters. The number of benzene rings is 2. The van der Waals surface area contributed by atoms with Crippen LogP contribution in [-0.2, 0) is 0 Å². The SMILES string of the molecule is Cc1ccc(Cl)cc1NC=C(C#N)c1nc(-c2ccc3c(c2)OCO3)cs1. The molecule has 0 unspecified atom stereocenters. The van der Waals surface area contributed by atoms with Gasteiger partial charge in [0.05, 0.1) is 5.69 Å². The molecule has 4 rings (SSSR count). The van der Waals surface area contributed by atoms with Crippen LogP contribution in [0.1, 0.15) is 10.6 Å². The van der Waals surface area contributed by atoms with E-state index in [-0.39, 0.29) is 6.79 Å². The summed E-state index contributed by atoms with van der Waals surface area (Å²) in [6.07, 6.45) is 1.65. The van der Waals surface area contributed by atoms with E-state index in [2.05, 4.69) is 16.4 Å². The number of hydrogen-bond donors (Lipinski definition) is 1. The lowest BCUT2D eigenvalue weighted by Gasteiger charge is -2.06. The van der Waals surface area contributed by atoms with Crippen molar-refractivity contribution in [3.63, 3.8) is 0 Å². The highest BCUT2D eigenvalue weighted by Gasteiger charge is 2.16. The van der Waals surface area contributed by atoms with E-state index in [0.29, 0.717) is 21.4 Å². The van der Waals surface area contributed by atoms with Gasteiger partial charge in [0, 0.05) is 27.9 Å². The van der Waals surface area contributed by atoms with Gasteiger partial charge < -0.3 is 14.8 Å². The van der Waals surface area contributed by atoms with Crippen LogP contribution in [0.5, 0.6) is 11.5 Å².